The highest BCUT2D eigenvalue weighted by Gasteiger charge is 2.34. The quantitative estimate of drug-likeness (QED) is 0.875. The van der Waals surface area contributed by atoms with Crippen molar-refractivity contribution in [1.29, 1.82) is 0 Å². The fraction of sp³-hybridized carbons (Fsp3) is 0.333. The molecule has 0 spiro atoms. The van der Waals surface area contributed by atoms with Gasteiger partial charge in [0.2, 0.25) is 11.8 Å². The number of nitrogens with zero attached hydrogens (tertiary/aromatic N) is 4. The average Bonchev–Trinajstić information content (AvgIpc) is 3.16. The van der Waals surface area contributed by atoms with Gasteiger partial charge in [0.1, 0.15) is 18.5 Å². The van der Waals surface area contributed by atoms with E-state index in [1.54, 1.807) is 17.0 Å². The van der Waals surface area contributed by atoms with Crippen molar-refractivity contribution in [1.82, 2.24) is 19.8 Å². The fourth-order valence-electron chi connectivity index (χ4n) is 2.56. The molecule has 23 heavy (non-hydrogen) atoms. The van der Waals surface area contributed by atoms with Crippen molar-refractivity contribution in [2.75, 3.05) is 18.5 Å². The molecule has 1 atom stereocenters. The third kappa shape index (κ3) is 3.71. The van der Waals surface area contributed by atoms with E-state index in [-0.39, 0.29) is 24.1 Å². The van der Waals surface area contributed by atoms with E-state index in [0.717, 1.165) is 5.56 Å². The highest BCUT2D eigenvalue weighted by atomic mass is 19.1. The third-order valence-corrected chi connectivity index (χ3v) is 3.83. The van der Waals surface area contributed by atoms with Crippen LogP contribution < -0.4 is 5.43 Å². The molecule has 2 aromatic rings. The first kappa shape index (κ1) is 15.1. The first-order chi connectivity index (χ1) is 11.1. The molecule has 7 nitrogen and oxygen atoms in total. The number of hydrogen-bond donors (Lipinski definition) is 1. The maximum absolute atomic E-state index is 12.9. The van der Waals surface area contributed by atoms with E-state index in [0.29, 0.717) is 19.5 Å². The molecular weight excluding hydrogens is 301 g/mol. The third-order valence-electron chi connectivity index (χ3n) is 3.83. The Balaban J connectivity index is 1.52. The van der Waals surface area contributed by atoms with Gasteiger partial charge >= 0.3 is 0 Å². The average molecular weight is 317 g/mol. The molecule has 1 N–H and O–H groups in total. The number of likely N-dealkylation sites (tertiary alicyclic amines) is 1. The lowest BCUT2D eigenvalue weighted by atomic mass is 10.1. The Morgan fingerprint density at radius 1 is 1.26 bits per heavy atom. The molecule has 0 saturated carbocycles. The highest BCUT2D eigenvalue weighted by molar-refractivity contribution is 5.93. The Morgan fingerprint density at radius 2 is 1.96 bits per heavy atom. The van der Waals surface area contributed by atoms with Gasteiger partial charge in [-0.3, -0.25) is 15.0 Å². The number of hydrogen-bond acceptors (Lipinski definition) is 4. The maximum atomic E-state index is 12.9. The zero-order valence-corrected chi connectivity index (χ0v) is 12.4. The number of carbonyl (C=O) groups is 2. The Kier molecular flexibility index (Phi) is 4.31. The minimum Gasteiger partial charge on any atom is -0.342 e. The summed E-state index contributed by atoms with van der Waals surface area (Å²) in [5.74, 6) is -0.951. The van der Waals surface area contributed by atoms with Gasteiger partial charge < -0.3 is 4.90 Å². The predicted molar refractivity (Wildman–Crippen MR) is 79.2 cm³/mol. The first-order valence-electron chi connectivity index (χ1n) is 7.29. The molecule has 1 aromatic carbocycles. The molecule has 2 heterocycles. The van der Waals surface area contributed by atoms with E-state index < -0.39 is 5.92 Å². The molecular formula is C15H16FN5O2. The van der Waals surface area contributed by atoms with Crippen LogP contribution in [0.5, 0.6) is 0 Å². The molecule has 1 aromatic heterocycles. The first-order valence-corrected chi connectivity index (χ1v) is 7.29. The number of amides is 2. The maximum Gasteiger partial charge on any atom is 0.244 e. The Hall–Kier alpha value is -2.77. The Labute approximate surface area is 132 Å². The van der Waals surface area contributed by atoms with Gasteiger partial charge in [0.25, 0.3) is 0 Å². The second-order valence-electron chi connectivity index (χ2n) is 5.46. The van der Waals surface area contributed by atoms with Crippen LogP contribution in [0.15, 0.2) is 36.9 Å². The molecule has 1 fully saturated rings. The summed E-state index contributed by atoms with van der Waals surface area (Å²) in [7, 11) is 0. The van der Waals surface area contributed by atoms with Crippen molar-refractivity contribution in [3.8, 4) is 0 Å². The smallest absolute Gasteiger partial charge is 0.244 e. The van der Waals surface area contributed by atoms with E-state index in [2.05, 4.69) is 15.6 Å². The Morgan fingerprint density at radius 3 is 2.65 bits per heavy atom. The van der Waals surface area contributed by atoms with E-state index in [1.807, 2.05) is 0 Å². The van der Waals surface area contributed by atoms with Gasteiger partial charge in [-0.15, -0.1) is 10.2 Å². The van der Waals surface area contributed by atoms with Crippen molar-refractivity contribution >= 4 is 11.8 Å². The summed E-state index contributed by atoms with van der Waals surface area (Å²) in [6, 6.07) is 6.20. The fourth-order valence-corrected chi connectivity index (χ4v) is 2.56. The van der Waals surface area contributed by atoms with Crippen LogP contribution in [0.3, 0.4) is 0 Å². The van der Waals surface area contributed by atoms with E-state index >= 15 is 0 Å². The van der Waals surface area contributed by atoms with Gasteiger partial charge in [-0.1, -0.05) is 12.1 Å². The normalized spacial score (nSPS) is 17.5. The molecule has 1 aliphatic rings. The topological polar surface area (TPSA) is 80.1 Å². The van der Waals surface area contributed by atoms with Crippen molar-refractivity contribution < 1.29 is 14.0 Å². The molecule has 0 radical (unpaired) electrons. The number of halogens is 1. The molecule has 8 heteroatoms. The second kappa shape index (κ2) is 6.55. The van der Waals surface area contributed by atoms with Gasteiger partial charge in [-0.05, 0) is 24.1 Å². The van der Waals surface area contributed by atoms with Gasteiger partial charge in [0.15, 0.2) is 0 Å². The summed E-state index contributed by atoms with van der Waals surface area (Å²) in [5.41, 5.74) is 3.57. The number of nitrogens with one attached hydrogen (secondary N) is 1. The van der Waals surface area contributed by atoms with Gasteiger partial charge in [-0.2, -0.15) is 0 Å². The number of aromatic nitrogens is 3. The molecule has 2 amide bonds. The second-order valence-corrected chi connectivity index (χ2v) is 5.46. The van der Waals surface area contributed by atoms with Gasteiger partial charge in [0, 0.05) is 19.5 Å². The Bertz CT molecular complexity index is 686. The lowest BCUT2D eigenvalue weighted by molar-refractivity contribution is -0.128. The summed E-state index contributed by atoms with van der Waals surface area (Å²) in [5, 5.41) is 7.19. The highest BCUT2D eigenvalue weighted by Crippen LogP contribution is 2.19. The van der Waals surface area contributed by atoms with Crippen LogP contribution >= 0.6 is 0 Å². The van der Waals surface area contributed by atoms with Crippen LogP contribution in [0.25, 0.3) is 0 Å². The SMILES string of the molecule is O=C(Nn1cnnc1)C1CC(=O)N(CCc2ccc(F)cc2)C1. The molecule has 1 saturated heterocycles. The summed E-state index contributed by atoms with van der Waals surface area (Å²) >= 11 is 0. The van der Waals surface area contributed by atoms with Crippen LogP contribution in [0.4, 0.5) is 4.39 Å². The largest absolute Gasteiger partial charge is 0.342 e. The van der Waals surface area contributed by atoms with Crippen LogP contribution in [-0.2, 0) is 16.0 Å². The van der Waals surface area contributed by atoms with Gasteiger partial charge in [0.05, 0.1) is 5.92 Å². The van der Waals surface area contributed by atoms with Crippen molar-refractivity contribution in [2.24, 2.45) is 5.92 Å². The van der Waals surface area contributed by atoms with Crippen molar-refractivity contribution in [3.05, 3.63) is 48.3 Å². The summed E-state index contributed by atoms with van der Waals surface area (Å²) in [6.07, 6.45) is 3.57. The minimum absolute atomic E-state index is 0.0454. The number of rotatable bonds is 5. The minimum atomic E-state index is -0.391. The lowest BCUT2D eigenvalue weighted by Crippen LogP contribution is -2.32. The molecule has 3 rings (SSSR count). The molecule has 1 aliphatic heterocycles. The van der Waals surface area contributed by atoms with Crippen molar-refractivity contribution in [3.63, 3.8) is 0 Å². The monoisotopic (exact) mass is 317 g/mol. The zero-order valence-electron chi connectivity index (χ0n) is 12.4. The lowest BCUT2D eigenvalue weighted by Gasteiger charge is -2.16. The number of benzene rings is 1. The van der Waals surface area contributed by atoms with Crippen LogP contribution in [-0.4, -0.2) is 44.7 Å². The number of carbonyl (C=O) groups excluding carboxylic acids is 2. The summed E-state index contributed by atoms with van der Waals surface area (Å²) in [6.45, 7) is 0.898. The summed E-state index contributed by atoms with van der Waals surface area (Å²) < 4.78 is 14.2. The standard InChI is InChI=1S/C15H16FN5O2/c16-13-3-1-11(2-4-13)5-6-20-8-12(7-14(20)22)15(23)19-21-9-17-18-10-21/h1-4,9-10,12H,5-8H2,(H,19,23). The summed E-state index contributed by atoms with van der Waals surface area (Å²) in [4.78, 5) is 25.8. The molecule has 0 aliphatic carbocycles. The van der Waals surface area contributed by atoms with E-state index in [9.17, 15) is 14.0 Å². The van der Waals surface area contributed by atoms with Gasteiger partial charge in [-0.25, -0.2) is 9.07 Å². The van der Waals surface area contributed by atoms with Crippen LogP contribution in [0.2, 0.25) is 0 Å². The molecule has 1 unspecified atom stereocenters. The van der Waals surface area contributed by atoms with Crippen LogP contribution in [0, 0.1) is 11.7 Å². The van der Waals surface area contributed by atoms with Crippen LogP contribution in [0.1, 0.15) is 12.0 Å². The molecule has 120 valence electrons. The predicted octanol–water partition coefficient (Wildman–Crippen LogP) is 0.578. The molecule has 0 bridgehead atoms. The zero-order chi connectivity index (χ0) is 16.2. The van der Waals surface area contributed by atoms with E-state index in [1.165, 1.54) is 29.5 Å². The van der Waals surface area contributed by atoms with Crippen molar-refractivity contribution in [2.45, 2.75) is 12.8 Å². The van der Waals surface area contributed by atoms with E-state index in [4.69, 9.17) is 0 Å².